The van der Waals surface area contributed by atoms with Crippen molar-refractivity contribution in [3.8, 4) is 5.88 Å². The number of pyridine rings is 1. The second-order valence-corrected chi connectivity index (χ2v) is 3.59. The molecule has 1 aromatic heterocycles. The number of ether oxygens (including phenoxy) is 1. The Morgan fingerprint density at radius 2 is 2.23 bits per heavy atom. The molecule has 0 spiro atoms. The molecule has 0 bridgehead atoms. The van der Waals surface area contributed by atoms with E-state index in [1.54, 1.807) is 7.11 Å². The Hall–Kier alpha value is -1.09. The normalized spacial score (nSPS) is 25.8. The fraction of sp³-hybridized carbons (Fsp3) is 0.500. The third-order valence-electron chi connectivity index (χ3n) is 2.43. The van der Waals surface area contributed by atoms with E-state index >= 15 is 0 Å². The minimum Gasteiger partial charge on any atom is -0.481 e. The van der Waals surface area contributed by atoms with Gasteiger partial charge in [0.2, 0.25) is 5.88 Å². The summed E-state index contributed by atoms with van der Waals surface area (Å²) in [6.07, 6.45) is 1.09. The van der Waals surface area contributed by atoms with Gasteiger partial charge in [0.15, 0.2) is 0 Å². The number of nitrogens with two attached hydrogens (primary N) is 1. The fourth-order valence-electron chi connectivity index (χ4n) is 1.58. The zero-order chi connectivity index (χ0) is 9.42. The van der Waals surface area contributed by atoms with Crippen molar-refractivity contribution in [2.45, 2.75) is 25.3 Å². The predicted octanol–water partition coefficient (Wildman–Crippen LogP) is 1.21. The van der Waals surface area contributed by atoms with Gasteiger partial charge in [-0.2, -0.15) is 0 Å². The smallest absolute Gasteiger partial charge is 0.213 e. The lowest BCUT2D eigenvalue weighted by Crippen LogP contribution is -2.02. The quantitative estimate of drug-likeness (QED) is 0.740. The third kappa shape index (κ3) is 1.65. The number of methoxy groups -OCH3 is 1. The molecular weight excluding hydrogens is 164 g/mol. The largest absolute Gasteiger partial charge is 0.481 e. The van der Waals surface area contributed by atoms with Crippen LogP contribution in [-0.2, 0) is 0 Å². The number of rotatable bonds is 2. The molecule has 2 rings (SSSR count). The molecule has 0 saturated heterocycles. The van der Waals surface area contributed by atoms with E-state index in [0.29, 0.717) is 17.8 Å². The van der Waals surface area contributed by atoms with Gasteiger partial charge in [-0.1, -0.05) is 0 Å². The van der Waals surface area contributed by atoms with Crippen LogP contribution in [0.15, 0.2) is 12.1 Å². The number of aryl methyl sites for hydroxylation is 1. The Balaban J connectivity index is 2.30. The zero-order valence-corrected chi connectivity index (χ0v) is 7.95. The monoisotopic (exact) mass is 178 g/mol. The molecule has 1 fully saturated rings. The Bertz CT molecular complexity index is 325. The highest BCUT2D eigenvalue weighted by molar-refractivity contribution is 5.32. The van der Waals surface area contributed by atoms with Crippen LogP contribution in [0.2, 0.25) is 0 Å². The molecule has 1 aliphatic carbocycles. The lowest BCUT2D eigenvalue weighted by Gasteiger charge is -2.04. The summed E-state index contributed by atoms with van der Waals surface area (Å²) in [7, 11) is 1.64. The van der Waals surface area contributed by atoms with Crippen molar-refractivity contribution in [3.05, 3.63) is 23.4 Å². The van der Waals surface area contributed by atoms with Gasteiger partial charge in [-0.25, -0.2) is 4.98 Å². The van der Waals surface area contributed by atoms with Crippen molar-refractivity contribution < 1.29 is 4.74 Å². The molecule has 0 radical (unpaired) electrons. The summed E-state index contributed by atoms with van der Waals surface area (Å²) in [5.41, 5.74) is 8.03. The molecule has 13 heavy (non-hydrogen) atoms. The van der Waals surface area contributed by atoms with E-state index in [2.05, 4.69) is 11.1 Å². The van der Waals surface area contributed by atoms with E-state index in [4.69, 9.17) is 10.5 Å². The molecule has 1 saturated carbocycles. The Morgan fingerprint density at radius 3 is 2.77 bits per heavy atom. The minimum atomic E-state index is 0.339. The summed E-state index contributed by atoms with van der Waals surface area (Å²) in [5.74, 6) is 1.21. The standard InChI is InChI=1S/C10H14N2O/c1-6-3-7(8-5-9(8)11)4-10(12-6)13-2/h3-4,8-9H,5,11H2,1-2H3/t8-,9+/m0/s1. The van der Waals surface area contributed by atoms with Crippen LogP contribution >= 0.6 is 0 Å². The van der Waals surface area contributed by atoms with Gasteiger partial charge in [-0.15, -0.1) is 0 Å². The lowest BCUT2D eigenvalue weighted by atomic mass is 10.1. The van der Waals surface area contributed by atoms with Crippen LogP contribution in [0.4, 0.5) is 0 Å². The van der Waals surface area contributed by atoms with E-state index in [9.17, 15) is 0 Å². The number of aromatic nitrogens is 1. The highest BCUT2D eigenvalue weighted by Crippen LogP contribution is 2.39. The first-order valence-electron chi connectivity index (χ1n) is 4.49. The van der Waals surface area contributed by atoms with E-state index in [0.717, 1.165) is 12.1 Å². The van der Waals surface area contributed by atoms with Crippen LogP contribution in [0.1, 0.15) is 23.6 Å². The highest BCUT2D eigenvalue weighted by Gasteiger charge is 2.35. The summed E-state index contributed by atoms with van der Waals surface area (Å²) in [5, 5.41) is 0. The molecule has 0 aromatic carbocycles. The molecule has 70 valence electrons. The topological polar surface area (TPSA) is 48.1 Å². The van der Waals surface area contributed by atoms with Crippen molar-refractivity contribution in [1.29, 1.82) is 0 Å². The fourth-order valence-corrected chi connectivity index (χ4v) is 1.58. The van der Waals surface area contributed by atoms with Gasteiger partial charge in [-0.3, -0.25) is 0 Å². The van der Waals surface area contributed by atoms with E-state index in [1.807, 2.05) is 13.0 Å². The zero-order valence-electron chi connectivity index (χ0n) is 7.95. The van der Waals surface area contributed by atoms with Crippen molar-refractivity contribution in [1.82, 2.24) is 4.98 Å². The lowest BCUT2D eigenvalue weighted by molar-refractivity contribution is 0.396. The van der Waals surface area contributed by atoms with Gasteiger partial charge in [0.05, 0.1) is 7.11 Å². The van der Waals surface area contributed by atoms with Gasteiger partial charge in [0.1, 0.15) is 0 Å². The van der Waals surface area contributed by atoms with Gasteiger partial charge in [0.25, 0.3) is 0 Å². The number of hydrogen-bond acceptors (Lipinski definition) is 3. The molecule has 0 amide bonds. The van der Waals surface area contributed by atoms with Crippen LogP contribution in [0.25, 0.3) is 0 Å². The second kappa shape index (κ2) is 3.00. The van der Waals surface area contributed by atoms with Crippen LogP contribution in [-0.4, -0.2) is 18.1 Å². The summed E-state index contributed by atoms with van der Waals surface area (Å²) >= 11 is 0. The average Bonchev–Trinajstić information content (AvgIpc) is 2.81. The molecule has 2 atom stereocenters. The maximum absolute atomic E-state index is 5.78. The van der Waals surface area contributed by atoms with Crippen LogP contribution in [0.5, 0.6) is 5.88 Å². The summed E-state index contributed by atoms with van der Waals surface area (Å²) in [4.78, 5) is 4.22. The van der Waals surface area contributed by atoms with Gasteiger partial charge < -0.3 is 10.5 Å². The molecular formula is C10H14N2O. The molecule has 2 N–H and O–H groups in total. The van der Waals surface area contributed by atoms with Crippen LogP contribution in [0.3, 0.4) is 0 Å². The predicted molar refractivity (Wildman–Crippen MR) is 50.9 cm³/mol. The first kappa shape index (κ1) is 8.51. The first-order valence-corrected chi connectivity index (χ1v) is 4.49. The Labute approximate surface area is 77.9 Å². The molecule has 1 heterocycles. The summed E-state index contributed by atoms with van der Waals surface area (Å²) in [6.45, 7) is 1.97. The second-order valence-electron chi connectivity index (χ2n) is 3.59. The van der Waals surface area contributed by atoms with E-state index < -0.39 is 0 Å². The highest BCUT2D eigenvalue weighted by atomic mass is 16.5. The van der Waals surface area contributed by atoms with Gasteiger partial charge >= 0.3 is 0 Å². The molecule has 3 nitrogen and oxygen atoms in total. The number of nitrogens with zero attached hydrogens (tertiary/aromatic N) is 1. The molecule has 1 aliphatic rings. The Morgan fingerprint density at radius 1 is 1.54 bits per heavy atom. The van der Waals surface area contributed by atoms with Gasteiger partial charge in [0, 0.05) is 23.7 Å². The molecule has 0 unspecified atom stereocenters. The summed E-state index contributed by atoms with van der Waals surface area (Å²) < 4.78 is 5.10. The van der Waals surface area contributed by atoms with Gasteiger partial charge in [-0.05, 0) is 25.0 Å². The van der Waals surface area contributed by atoms with Crippen LogP contribution in [0, 0.1) is 6.92 Å². The van der Waals surface area contributed by atoms with Crippen molar-refractivity contribution in [3.63, 3.8) is 0 Å². The minimum absolute atomic E-state index is 0.339. The molecule has 0 aliphatic heterocycles. The average molecular weight is 178 g/mol. The van der Waals surface area contributed by atoms with Crippen molar-refractivity contribution >= 4 is 0 Å². The van der Waals surface area contributed by atoms with Crippen LogP contribution < -0.4 is 10.5 Å². The van der Waals surface area contributed by atoms with E-state index in [1.165, 1.54) is 5.56 Å². The first-order chi connectivity index (χ1) is 6.20. The maximum Gasteiger partial charge on any atom is 0.213 e. The Kier molecular flexibility index (Phi) is 1.96. The molecule has 3 heteroatoms. The molecule has 1 aromatic rings. The SMILES string of the molecule is COc1cc([C@@H]2C[C@H]2N)cc(C)n1. The van der Waals surface area contributed by atoms with Crippen molar-refractivity contribution in [2.24, 2.45) is 5.73 Å². The van der Waals surface area contributed by atoms with Crippen molar-refractivity contribution in [2.75, 3.05) is 7.11 Å². The summed E-state index contributed by atoms with van der Waals surface area (Å²) in [6, 6.07) is 4.40. The third-order valence-corrected chi connectivity index (χ3v) is 2.43. The maximum atomic E-state index is 5.78. The number of hydrogen-bond donors (Lipinski definition) is 1. The van der Waals surface area contributed by atoms with E-state index in [-0.39, 0.29) is 0 Å².